The summed E-state index contributed by atoms with van der Waals surface area (Å²) in [7, 11) is 0. The Kier molecular flexibility index (Phi) is 11.6. The fraction of sp³-hybridized carbons (Fsp3) is 0.139. The van der Waals surface area contributed by atoms with Crippen molar-refractivity contribution in [1.29, 1.82) is 0 Å². The van der Waals surface area contributed by atoms with Crippen molar-refractivity contribution in [3.8, 4) is 39.5 Å². The van der Waals surface area contributed by atoms with E-state index in [1.807, 2.05) is 60.7 Å². The minimum Gasteiger partial charge on any atom is -0.493 e. The third-order valence-electron chi connectivity index (χ3n) is 6.34. The summed E-state index contributed by atoms with van der Waals surface area (Å²) in [5.74, 6) is -1.72. The molecule has 9 heteroatoms. The van der Waals surface area contributed by atoms with Crippen LogP contribution in [0.2, 0.25) is 0 Å². The number of halogens is 1. The quantitative estimate of drug-likeness (QED) is 0.0606. The van der Waals surface area contributed by atoms with Gasteiger partial charge in [-0.15, -0.1) is 0 Å². The molecular weight excluding hydrogens is 579 g/mol. The molecule has 0 amide bonds. The molecule has 0 aliphatic rings. The smallest absolute Gasteiger partial charge is 0.366 e. The van der Waals surface area contributed by atoms with Crippen LogP contribution in [0.25, 0.3) is 22.3 Å². The van der Waals surface area contributed by atoms with Crippen LogP contribution in [0, 0.1) is 0 Å². The molecule has 8 nitrogen and oxygen atoms in total. The molecule has 45 heavy (non-hydrogen) atoms. The SMILES string of the molecule is C=CC(=O)OCCCOc1ccc(-c2ccc(-c3ccc(C(=O)Oc4ccc(OCCOC(=O)C(=C)F)cc4)cc3)cc2)cc1. The molecule has 0 saturated heterocycles. The zero-order valence-electron chi connectivity index (χ0n) is 24.4. The van der Waals surface area contributed by atoms with Crippen LogP contribution in [0.15, 0.2) is 122 Å². The Morgan fingerprint density at radius 3 is 1.60 bits per heavy atom. The summed E-state index contributed by atoms with van der Waals surface area (Å²) in [6.45, 7) is 6.81. The van der Waals surface area contributed by atoms with Crippen molar-refractivity contribution < 1.29 is 42.5 Å². The largest absolute Gasteiger partial charge is 0.493 e. The molecular formula is C36H31FO8. The zero-order valence-corrected chi connectivity index (χ0v) is 24.4. The Hall–Kier alpha value is -5.70. The monoisotopic (exact) mass is 610 g/mol. The van der Waals surface area contributed by atoms with Crippen LogP contribution in [0.3, 0.4) is 0 Å². The first-order chi connectivity index (χ1) is 21.8. The standard InChI is InChI=1S/C36H31FO8/c1-3-34(38)43-22-4-21-41-31-15-13-29(14-16-31)27-7-5-26(6-8-27)28-9-11-30(12-10-28)36(40)45-33-19-17-32(18-20-33)42-23-24-44-35(39)25(2)37/h3,5-20H,1-2,4,21-24H2. The van der Waals surface area contributed by atoms with Gasteiger partial charge < -0.3 is 23.7 Å². The summed E-state index contributed by atoms with van der Waals surface area (Å²) in [6, 6.07) is 29.3. The molecule has 0 N–H and O–H groups in total. The van der Waals surface area contributed by atoms with Crippen LogP contribution in [0.4, 0.5) is 4.39 Å². The Labute approximate surface area is 260 Å². The topological polar surface area (TPSA) is 97.4 Å². The van der Waals surface area contributed by atoms with Crippen LogP contribution in [-0.4, -0.2) is 44.3 Å². The van der Waals surface area contributed by atoms with E-state index in [1.54, 1.807) is 36.4 Å². The van der Waals surface area contributed by atoms with Gasteiger partial charge in [-0.05, 0) is 70.8 Å². The average Bonchev–Trinajstić information content (AvgIpc) is 3.07. The Balaban J connectivity index is 1.24. The summed E-state index contributed by atoms with van der Waals surface area (Å²) in [5, 5.41) is 0. The third-order valence-corrected chi connectivity index (χ3v) is 6.34. The highest BCUT2D eigenvalue weighted by Crippen LogP contribution is 2.27. The van der Waals surface area contributed by atoms with Gasteiger partial charge in [-0.1, -0.05) is 61.7 Å². The van der Waals surface area contributed by atoms with E-state index in [0.717, 1.165) is 34.1 Å². The van der Waals surface area contributed by atoms with E-state index in [-0.39, 0.29) is 19.8 Å². The first-order valence-electron chi connectivity index (χ1n) is 14.0. The van der Waals surface area contributed by atoms with Gasteiger partial charge in [0.25, 0.3) is 0 Å². The zero-order chi connectivity index (χ0) is 32.0. The Morgan fingerprint density at radius 2 is 1.07 bits per heavy atom. The minimum atomic E-state index is -1.17. The van der Waals surface area contributed by atoms with Gasteiger partial charge in [0.05, 0.1) is 18.8 Å². The molecule has 0 saturated carbocycles. The molecule has 0 bridgehead atoms. The van der Waals surface area contributed by atoms with Crippen LogP contribution >= 0.6 is 0 Å². The lowest BCUT2D eigenvalue weighted by atomic mass is 9.99. The second-order valence-corrected chi connectivity index (χ2v) is 9.50. The van der Waals surface area contributed by atoms with Crippen molar-refractivity contribution >= 4 is 17.9 Å². The Morgan fingerprint density at radius 1 is 0.600 bits per heavy atom. The van der Waals surface area contributed by atoms with E-state index in [0.29, 0.717) is 30.1 Å². The van der Waals surface area contributed by atoms with E-state index in [9.17, 15) is 18.8 Å². The second kappa shape index (κ2) is 16.2. The summed E-state index contributed by atoms with van der Waals surface area (Å²) in [5.41, 5.74) is 4.42. The molecule has 0 fully saturated rings. The predicted molar refractivity (Wildman–Crippen MR) is 167 cm³/mol. The van der Waals surface area contributed by atoms with Gasteiger partial charge in [-0.3, -0.25) is 0 Å². The van der Waals surface area contributed by atoms with E-state index >= 15 is 0 Å². The maximum atomic E-state index is 12.7. The number of esters is 3. The summed E-state index contributed by atoms with van der Waals surface area (Å²) >= 11 is 0. The van der Waals surface area contributed by atoms with Crippen molar-refractivity contribution in [1.82, 2.24) is 0 Å². The number of carbonyl (C=O) groups is 3. The lowest BCUT2D eigenvalue weighted by Gasteiger charge is -2.09. The molecule has 4 aromatic carbocycles. The van der Waals surface area contributed by atoms with Crippen molar-refractivity contribution in [2.75, 3.05) is 26.4 Å². The maximum Gasteiger partial charge on any atom is 0.366 e. The highest BCUT2D eigenvalue weighted by molar-refractivity contribution is 5.91. The molecule has 230 valence electrons. The van der Waals surface area contributed by atoms with Gasteiger partial charge in [0.15, 0.2) is 0 Å². The number of rotatable bonds is 15. The van der Waals surface area contributed by atoms with Crippen molar-refractivity contribution in [2.45, 2.75) is 6.42 Å². The number of hydrogen-bond acceptors (Lipinski definition) is 8. The molecule has 0 aliphatic carbocycles. The maximum absolute atomic E-state index is 12.7. The van der Waals surface area contributed by atoms with Crippen molar-refractivity contribution in [3.63, 3.8) is 0 Å². The second-order valence-electron chi connectivity index (χ2n) is 9.50. The minimum absolute atomic E-state index is 0.0239. The average molecular weight is 611 g/mol. The molecule has 0 unspecified atom stereocenters. The molecule has 4 rings (SSSR count). The number of hydrogen-bond donors (Lipinski definition) is 0. The van der Waals surface area contributed by atoms with Gasteiger partial charge >= 0.3 is 17.9 Å². The van der Waals surface area contributed by atoms with Gasteiger partial charge in [0, 0.05) is 12.5 Å². The molecule has 0 radical (unpaired) electrons. The fourth-order valence-corrected chi connectivity index (χ4v) is 4.02. The van der Waals surface area contributed by atoms with Crippen LogP contribution in [-0.2, 0) is 19.1 Å². The molecule has 4 aromatic rings. The highest BCUT2D eigenvalue weighted by atomic mass is 19.1. The number of carbonyl (C=O) groups excluding carboxylic acids is 3. The summed E-state index contributed by atoms with van der Waals surface area (Å²) < 4.78 is 38.7. The van der Waals surface area contributed by atoms with E-state index in [4.69, 9.17) is 18.9 Å². The van der Waals surface area contributed by atoms with E-state index in [2.05, 4.69) is 17.9 Å². The van der Waals surface area contributed by atoms with Gasteiger partial charge in [0.1, 0.15) is 30.5 Å². The lowest BCUT2D eigenvalue weighted by molar-refractivity contribution is -0.141. The normalized spacial score (nSPS) is 10.3. The van der Waals surface area contributed by atoms with Crippen LogP contribution < -0.4 is 14.2 Å². The number of ether oxygens (including phenoxy) is 5. The first-order valence-corrected chi connectivity index (χ1v) is 14.0. The molecule has 0 atom stereocenters. The van der Waals surface area contributed by atoms with Gasteiger partial charge in [-0.2, -0.15) is 4.39 Å². The predicted octanol–water partition coefficient (Wildman–Crippen LogP) is 7.14. The summed E-state index contributed by atoms with van der Waals surface area (Å²) in [4.78, 5) is 34.7. The van der Waals surface area contributed by atoms with Gasteiger partial charge in [-0.25, -0.2) is 14.4 Å². The van der Waals surface area contributed by atoms with E-state index < -0.39 is 23.7 Å². The van der Waals surface area contributed by atoms with Crippen LogP contribution in [0.5, 0.6) is 17.2 Å². The highest BCUT2D eigenvalue weighted by Gasteiger charge is 2.10. The summed E-state index contributed by atoms with van der Waals surface area (Å²) in [6.07, 6.45) is 1.72. The van der Waals surface area contributed by atoms with Crippen molar-refractivity contribution in [2.24, 2.45) is 0 Å². The van der Waals surface area contributed by atoms with E-state index in [1.165, 1.54) is 0 Å². The van der Waals surface area contributed by atoms with Crippen LogP contribution in [0.1, 0.15) is 16.8 Å². The third kappa shape index (κ3) is 9.93. The molecule has 0 heterocycles. The Bertz CT molecular complexity index is 1610. The van der Waals surface area contributed by atoms with Crippen molar-refractivity contribution in [3.05, 3.63) is 128 Å². The number of benzene rings is 4. The lowest BCUT2D eigenvalue weighted by Crippen LogP contribution is -2.12. The molecule has 0 aromatic heterocycles. The molecule has 0 spiro atoms. The fourth-order valence-electron chi connectivity index (χ4n) is 4.02. The first kappa shape index (κ1) is 32.2. The molecule has 0 aliphatic heterocycles. The van der Waals surface area contributed by atoms with Gasteiger partial charge in [0.2, 0.25) is 5.83 Å².